The molecule has 0 spiro atoms. The molecule has 0 saturated carbocycles. The minimum atomic E-state index is 0.0116. The second-order valence-electron chi connectivity index (χ2n) is 5.66. The van der Waals surface area contributed by atoms with E-state index in [2.05, 4.69) is 19.2 Å². The molecule has 2 heterocycles. The van der Waals surface area contributed by atoms with E-state index >= 15 is 0 Å². The summed E-state index contributed by atoms with van der Waals surface area (Å²) in [6, 6.07) is 3.89. The molecule has 1 aliphatic heterocycles. The number of amides is 2. The molecule has 3 nitrogen and oxygen atoms in total. The average molecular weight is 301 g/mol. The first kappa shape index (κ1) is 14.7. The molecule has 3 unspecified atom stereocenters. The average Bonchev–Trinajstić information content (AvgIpc) is 2.74. The van der Waals surface area contributed by atoms with Crippen LogP contribution >= 0.6 is 22.9 Å². The van der Waals surface area contributed by atoms with E-state index in [0.717, 1.165) is 22.3 Å². The van der Waals surface area contributed by atoms with E-state index in [1.165, 1.54) is 17.8 Å². The number of piperidine rings is 1. The Labute approximate surface area is 123 Å². The number of nitrogens with zero attached hydrogens (tertiary/aromatic N) is 1. The van der Waals surface area contributed by atoms with E-state index in [9.17, 15) is 4.79 Å². The van der Waals surface area contributed by atoms with Gasteiger partial charge in [-0.05, 0) is 37.3 Å². The van der Waals surface area contributed by atoms with E-state index in [4.69, 9.17) is 11.6 Å². The van der Waals surface area contributed by atoms with Gasteiger partial charge in [0, 0.05) is 18.0 Å². The van der Waals surface area contributed by atoms with Crippen LogP contribution < -0.4 is 5.32 Å². The maximum atomic E-state index is 12.3. The summed E-state index contributed by atoms with van der Waals surface area (Å²) >= 11 is 7.44. The van der Waals surface area contributed by atoms with Crippen molar-refractivity contribution < 1.29 is 4.79 Å². The van der Waals surface area contributed by atoms with E-state index in [-0.39, 0.29) is 12.1 Å². The first-order valence-electron chi connectivity index (χ1n) is 6.76. The summed E-state index contributed by atoms with van der Waals surface area (Å²) in [5.74, 6) is 1.17. The van der Waals surface area contributed by atoms with Crippen molar-refractivity contribution >= 4 is 29.0 Å². The highest BCUT2D eigenvalue weighted by atomic mass is 35.5. The lowest BCUT2D eigenvalue weighted by molar-refractivity contribution is 0.144. The van der Waals surface area contributed by atoms with Crippen LogP contribution in [0.25, 0.3) is 0 Å². The van der Waals surface area contributed by atoms with Crippen LogP contribution in [0.5, 0.6) is 0 Å². The molecule has 5 heteroatoms. The largest absolute Gasteiger partial charge is 0.331 e. The van der Waals surface area contributed by atoms with Crippen molar-refractivity contribution in [2.45, 2.75) is 33.2 Å². The number of carbonyl (C=O) groups is 1. The van der Waals surface area contributed by atoms with E-state index < -0.39 is 0 Å². The summed E-state index contributed by atoms with van der Waals surface area (Å²) in [6.45, 7) is 8.12. The van der Waals surface area contributed by atoms with Crippen molar-refractivity contribution in [2.75, 3.05) is 13.1 Å². The molecule has 2 amide bonds. The molecule has 3 atom stereocenters. The van der Waals surface area contributed by atoms with Crippen LogP contribution in [0.1, 0.15) is 38.1 Å². The molecule has 0 aromatic carbocycles. The Hall–Kier alpha value is -0.740. The number of rotatable bonds is 2. The maximum Gasteiger partial charge on any atom is 0.317 e. The molecule has 106 valence electrons. The first-order chi connectivity index (χ1) is 8.95. The fourth-order valence-electron chi connectivity index (χ4n) is 2.74. The number of urea groups is 1. The number of thiophene rings is 1. The van der Waals surface area contributed by atoms with Crippen molar-refractivity contribution in [3.8, 4) is 0 Å². The molecule has 1 aromatic heterocycles. The van der Waals surface area contributed by atoms with Gasteiger partial charge in [0.1, 0.15) is 0 Å². The smallest absolute Gasteiger partial charge is 0.317 e. The SMILES string of the molecule is CC1CC(C)CN(C(=O)NC(C)c2ccc(Cl)s2)C1. The van der Waals surface area contributed by atoms with Gasteiger partial charge in [-0.1, -0.05) is 25.4 Å². The molecule has 1 fully saturated rings. The Morgan fingerprint density at radius 1 is 1.42 bits per heavy atom. The molecule has 1 aromatic rings. The topological polar surface area (TPSA) is 32.3 Å². The van der Waals surface area contributed by atoms with Crippen LogP contribution in [-0.2, 0) is 0 Å². The van der Waals surface area contributed by atoms with Crippen LogP contribution in [0.15, 0.2) is 12.1 Å². The quantitative estimate of drug-likeness (QED) is 0.874. The number of hydrogen-bond acceptors (Lipinski definition) is 2. The normalized spacial score (nSPS) is 25.2. The number of likely N-dealkylation sites (tertiary alicyclic amines) is 1. The van der Waals surface area contributed by atoms with Gasteiger partial charge in [-0.25, -0.2) is 4.79 Å². The summed E-state index contributed by atoms with van der Waals surface area (Å²) in [6.07, 6.45) is 1.21. The predicted octanol–water partition coefficient (Wildman–Crippen LogP) is 4.15. The number of hydrogen-bond donors (Lipinski definition) is 1. The van der Waals surface area contributed by atoms with Crippen molar-refractivity contribution in [1.29, 1.82) is 0 Å². The third kappa shape index (κ3) is 3.86. The second-order valence-corrected chi connectivity index (χ2v) is 7.41. The van der Waals surface area contributed by atoms with Gasteiger partial charge in [0.05, 0.1) is 10.4 Å². The lowest BCUT2D eigenvalue weighted by Crippen LogP contribution is -2.47. The molecule has 0 bridgehead atoms. The molecule has 2 rings (SSSR count). The highest BCUT2D eigenvalue weighted by molar-refractivity contribution is 7.16. The minimum Gasteiger partial charge on any atom is -0.331 e. The van der Waals surface area contributed by atoms with Gasteiger partial charge in [-0.15, -0.1) is 11.3 Å². The van der Waals surface area contributed by atoms with Crippen molar-refractivity contribution in [2.24, 2.45) is 11.8 Å². The van der Waals surface area contributed by atoms with E-state index in [0.29, 0.717) is 11.8 Å². The standard InChI is InChI=1S/C14H21ClN2OS/c1-9-6-10(2)8-17(7-9)14(18)16-11(3)12-4-5-13(15)19-12/h4-5,9-11H,6-8H2,1-3H3,(H,16,18). The first-order valence-corrected chi connectivity index (χ1v) is 7.95. The number of nitrogens with one attached hydrogen (secondary N) is 1. The third-order valence-electron chi connectivity index (χ3n) is 3.52. The van der Waals surface area contributed by atoms with Crippen molar-refractivity contribution in [3.05, 3.63) is 21.3 Å². The highest BCUT2D eigenvalue weighted by Gasteiger charge is 2.26. The van der Waals surface area contributed by atoms with E-state index in [1.54, 1.807) is 0 Å². The molecular weight excluding hydrogens is 280 g/mol. The van der Waals surface area contributed by atoms with Gasteiger partial charge in [0.15, 0.2) is 0 Å². The van der Waals surface area contributed by atoms with Crippen LogP contribution in [0.3, 0.4) is 0 Å². The Morgan fingerprint density at radius 2 is 2.05 bits per heavy atom. The second kappa shape index (κ2) is 6.14. The Balaban J connectivity index is 1.93. The van der Waals surface area contributed by atoms with Gasteiger partial charge in [0.25, 0.3) is 0 Å². The van der Waals surface area contributed by atoms with Crippen LogP contribution in [0.2, 0.25) is 4.34 Å². The van der Waals surface area contributed by atoms with Gasteiger partial charge in [-0.2, -0.15) is 0 Å². The summed E-state index contributed by atoms with van der Waals surface area (Å²) in [4.78, 5) is 15.3. The molecular formula is C14H21ClN2OS. The summed E-state index contributed by atoms with van der Waals surface area (Å²) < 4.78 is 0.760. The monoisotopic (exact) mass is 300 g/mol. The van der Waals surface area contributed by atoms with Crippen molar-refractivity contribution in [3.63, 3.8) is 0 Å². The number of carbonyl (C=O) groups excluding carboxylic acids is 1. The van der Waals surface area contributed by atoms with Crippen LogP contribution in [0.4, 0.5) is 4.79 Å². The lowest BCUT2D eigenvalue weighted by Gasteiger charge is -2.35. The Bertz CT molecular complexity index is 438. The molecule has 1 aliphatic rings. The number of halogens is 1. The maximum absolute atomic E-state index is 12.3. The van der Waals surface area contributed by atoms with Gasteiger partial charge >= 0.3 is 6.03 Å². The van der Waals surface area contributed by atoms with Gasteiger partial charge in [0.2, 0.25) is 0 Å². The Morgan fingerprint density at radius 3 is 2.58 bits per heavy atom. The Kier molecular flexibility index (Phi) is 4.74. The third-order valence-corrected chi connectivity index (χ3v) is 4.93. The fourth-order valence-corrected chi connectivity index (χ4v) is 3.80. The molecule has 1 N–H and O–H groups in total. The molecule has 1 saturated heterocycles. The predicted molar refractivity (Wildman–Crippen MR) is 80.8 cm³/mol. The van der Waals surface area contributed by atoms with Crippen LogP contribution in [-0.4, -0.2) is 24.0 Å². The molecule has 0 radical (unpaired) electrons. The highest BCUT2D eigenvalue weighted by Crippen LogP contribution is 2.27. The van der Waals surface area contributed by atoms with Gasteiger partial charge in [-0.3, -0.25) is 0 Å². The van der Waals surface area contributed by atoms with E-state index in [1.807, 2.05) is 24.0 Å². The summed E-state index contributed by atoms with van der Waals surface area (Å²) in [7, 11) is 0. The zero-order valence-corrected chi connectivity index (χ0v) is 13.2. The summed E-state index contributed by atoms with van der Waals surface area (Å²) in [5.41, 5.74) is 0. The van der Waals surface area contributed by atoms with Crippen molar-refractivity contribution in [1.82, 2.24) is 10.2 Å². The summed E-state index contributed by atoms with van der Waals surface area (Å²) in [5, 5.41) is 3.06. The zero-order chi connectivity index (χ0) is 14.0. The molecule has 19 heavy (non-hydrogen) atoms. The van der Waals surface area contributed by atoms with Gasteiger partial charge < -0.3 is 10.2 Å². The minimum absolute atomic E-state index is 0.0116. The van der Waals surface area contributed by atoms with Crippen LogP contribution in [0, 0.1) is 11.8 Å². The zero-order valence-electron chi connectivity index (χ0n) is 11.6. The lowest BCUT2D eigenvalue weighted by atomic mass is 9.92. The molecule has 0 aliphatic carbocycles. The fraction of sp³-hybridized carbons (Fsp3) is 0.643.